The van der Waals surface area contributed by atoms with E-state index in [2.05, 4.69) is 21.6 Å². The third kappa shape index (κ3) is 3.37. The number of carbonyl (C=O) groups is 1. The SMILES string of the molecule is C=C1C=Cc2cc(C(=O)NC)[nH]c2N1c1ccc(OC(F)(F)F)cc1. The number of ether oxygens (including phenoxy) is 1. The Labute approximate surface area is 141 Å². The number of halogens is 3. The smallest absolute Gasteiger partial charge is 0.406 e. The van der Waals surface area contributed by atoms with Crippen molar-refractivity contribution in [2.75, 3.05) is 11.9 Å². The fraction of sp³-hybridized carbons (Fsp3) is 0.118. The summed E-state index contributed by atoms with van der Waals surface area (Å²) in [6.45, 7) is 3.93. The summed E-state index contributed by atoms with van der Waals surface area (Å²) in [4.78, 5) is 16.5. The molecule has 0 aliphatic carbocycles. The van der Waals surface area contributed by atoms with Crippen molar-refractivity contribution in [3.8, 4) is 5.75 Å². The molecular weight excluding hydrogens is 335 g/mol. The van der Waals surface area contributed by atoms with Gasteiger partial charge in [0.15, 0.2) is 0 Å². The van der Waals surface area contributed by atoms with Crippen molar-refractivity contribution < 1.29 is 22.7 Å². The van der Waals surface area contributed by atoms with Gasteiger partial charge >= 0.3 is 6.36 Å². The van der Waals surface area contributed by atoms with Gasteiger partial charge in [0.25, 0.3) is 5.91 Å². The van der Waals surface area contributed by atoms with E-state index in [0.717, 1.165) is 5.56 Å². The highest BCUT2D eigenvalue weighted by molar-refractivity contribution is 5.95. The van der Waals surface area contributed by atoms with Gasteiger partial charge < -0.3 is 15.0 Å². The molecule has 130 valence electrons. The second kappa shape index (κ2) is 6.04. The third-order valence-electron chi connectivity index (χ3n) is 3.59. The number of fused-ring (bicyclic) bond motifs is 1. The molecule has 2 aromatic rings. The number of anilines is 2. The fourth-order valence-corrected chi connectivity index (χ4v) is 2.52. The molecule has 5 nitrogen and oxygen atoms in total. The molecule has 1 aliphatic rings. The Hall–Kier alpha value is -3.16. The molecule has 1 aromatic carbocycles. The normalized spacial score (nSPS) is 13.6. The highest BCUT2D eigenvalue weighted by atomic mass is 19.4. The zero-order valence-electron chi connectivity index (χ0n) is 13.1. The van der Waals surface area contributed by atoms with Crippen molar-refractivity contribution in [3.05, 3.63) is 59.9 Å². The number of hydrogen-bond acceptors (Lipinski definition) is 3. The van der Waals surface area contributed by atoms with Crippen LogP contribution in [-0.2, 0) is 0 Å². The molecule has 0 unspecified atom stereocenters. The number of aromatic nitrogens is 1. The maximum absolute atomic E-state index is 12.3. The molecule has 0 radical (unpaired) electrons. The van der Waals surface area contributed by atoms with Crippen LogP contribution >= 0.6 is 0 Å². The van der Waals surface area contributed by atoms with E-state index in [1.54, 1.807) is 23.1 Å². The van der Waals surface area contributed by atoms with E-state index >= 15 is 0 Å². The highest BCUT2D eigenvalue weighted by Gasteiger charge is 2.31. The summed E-state index contributed by atoms with van der Waals surface area (Å²) >= 11 is 0. The number of benzene rings is 1. The molecule has 1 aromatic heterocycles. The molecule has 3 rings (SSSR count). The first-order valence-corrected chi connectivity index (χ1v) is 7.26. The number of nitrogens with zero attached hydrogens (tertiary/aromatic N) is 1. The zero-order valence-corrected chi connectivity index (χ0v) is 13.1. The summed E-state index contributed by atoms with van der Waals surface area (Å²) in [6, 6.07) is 7.09. The first-order chi connectivity index (χ1) is 11.8. The molecule has 8 heteroatoms. The average molecular weight is 349 g/mol. The van der Waals surface area contributed by atoms with E-state index in [4.69, 9.17) is 0 Å². The second-order valence-corrected chi connectivity index (χ2v) is 5.27. The van der Waals surface area contributed by atoms with Gasteiger partial charge in [0.05, 0.1) is 0 Å². The van der Waals surface area contributed by atoms with Gasteiger partial charge in [-0.1, -0.05) is 6.58 Å². The van der Waals surface area contributed by atoms with Crippen LogP contribution in [0.5, 0.6) is 5.75 Å². The first-order valence-electron chi connectivity index (χ1n) is 7.26. The highest BCUT2D eigenvalue weighted by Crippen LogP contribution is 2.37. The molecule has 0 saturated heterocycles. The summed E-state index contributed by atoms with van der Waals surface area (Å²) in [6.07, 6.45) is -1.18. The van der Waals surface area contributed by atoms with Crippen molar-refractivity contribution in [3.63, 3.8) is 0 Å². The summed E-state index contributed by atoms with van der Waals surface area (Å²) in [5.41, 5.74) is 2.31. The van der Waals surface area contributed by atoms with Gasteiger partial charge in [0.1, 0.15) is 17.3 Å². The van der Waals surface area contributed by atoms with Gasteiger partial charge in [-0.15, -0.1) is 13.2 Å². The van der Waals surface area contributed by atoms with E-state index in [9.17, 15) is 18.0 Å². The standard InChI is InChI=1S/C17H14F3N3O2/c1-10-3-4-11-9-14(16(24)21-2)22-15(11)23(10)12-5-7-13(8-6-12)25-17(18,19)20/h3-9,22H,1H2,2H3,(H,21,24). The Morgan fingerprint density at radius 1 is 1.24 bits per heavy atom. The van der Waals surface area contributed by atoms with Gasteiger partial charge in [-0.25, -0.2) is 0 Å². The number of carbonyl (C=O) groups excluding carboxylic acids is 1. The number of aromatic amines is 1. The number of alkyl halides is 3. The van der Waals surface area contributed by atoms with Gasteiger partial charge in [-0.2, -0.15) is 0 Å². The van der Waals surface area contributed by atoms with Crippen LogP contribution in [0.25, 0.3) is 6.08 Å². The van der Waals surface area contributed by atoms with Gasteiger partial charge in [-0.3, -0.25) is 9.69 Å². The van der Waals surface area contributed by atoms with Crippen LogP contribution in [0.1, 0.15) is 16.1 Å². The molecule has 2 N–H and O–H groups in total. The number of H-pyrrole nitrogens is 1. The topological polar surface area (TPSA) is 57.4 Å². The molecule has 0 fully saturated rings. The Balaban J connectivity index is 1.95. The Bertz CT molecular complexity index is 851. The summed E-state index contributed by atoms with van der Waals surface area (Å²) < 4.78 is 40.7. The van der Waals surface area contributed by atoms with Crippen LogP contribution in [0, 0.1) is 0 Å². The Morgan fingerprint density at radius 3 is 2.52 bits per heavy atom. The van der Waals surface area contributed by atoms with Crippen molar-refractivity contribution in [2.45, 2.75) is 6.36 Å². The lowest BCUT2D eigenvalue weighted by molar-refractivity contribution is -0.274. The molecule has 0 bridgehead atoms. The zero-order chi connectivity index (χ0) is 18.2. The number of rotatable bonds is 3. The van der Waals surface area contributed by atoms with Crippen molar-refractivity contribution in [1.82, 2.24) is 10.3 Å². The van der Waals surface area contributed by atoms with E-state index in [1.165, 1.54) is 31.3 Å². The van der Waals surface area contributed by atoms with Crippen LogP contribution in [0.4, 0.5) is 24.7 Å². The molecule has 1 amide bonds. The summed E-state index contributed by atoms with van der Waals surface area (Å²) in [5.74, 6) is 0.0186. The largest absolute Gasteiger partial charge is 0.573 e. The van der Waals surface area contributed by atoms with E-state index in [-0.39, 0.29) is 11.7 Å². The maximum Gasteiger partial charge on any atom is 0.573 e. The Kier molecular flexibility index (Phi) is 4.03. The molecule has 25 heavy (non-hydrogen) atoms. The van der Waals surface area contributed by atoms with Crippen molar-refractivity contribution in [2.24, 2.45) is 0 Å². The minimum Gasteiger partial charge on any atom is -0.406 e. The summed E-state index contributed by atoms with van der Waals surface area (Å²) in [7, 11) is 1.52. The fourth-order valence-electron chi connectivity index (χ4n) is 2.52. The quantitative estimate of drug-likeness (QED) is 0.882. The molecule has 2 heterocycles. The molecule has 0 spiro atoms. The third-order valence-corrected chi connectivity index (χ3v) is 3.59. The summed E-state index contributed by atoms with van der Waals surface area (Å²) in [5, 5.41) is 2.53. The minimum absolute atomic E-state index is 0.276. The molecule has 0 atom stereocenters. The second-order valence-electron chi connectivity index (χ2n) is 5.27. The molecular formula is C17H14F3N3O2. The van der Waals surface area contributed by atoms with Gasteiger partial charge in [0, 0.05) is 24.0 Å². The number of hydrogen-bond donors (Lipinski definition) is 2. The van der Waals surface area contributed by atoms with Gasteiger partial charge in [0.2, 0.25) is 0 Å². The maximum atomic E-state index is 12.3. The van der Waals surface area contributed by atoms with Crippen molar-refractivity contribution in [1.29, 1.82) is 0 Å². The van der Waals surface area contributed by atoms with Crippen LogP contribution in [0.15, 0.2) is 48.7 Å². The van der Waals surface area contributed by atoms with Crippen LogP contribution in [-0.4, -0.2) is 24.3 Å². The van der Waals surface area contributed by atoms with Crippen LogP contribution in [0.3, 0.4) is 0 Å². The number of amides is 1. The van der Waals surface area contributed by atoms with E-state index in [0.29, 0.717) is 22.9 Å². The molecule has 0 saturated carbocycles. The lowest BCUT2D eigenvalue weighted by Crippen LogP contribution is -2.20. The van der Waals surface area contributed by atoms with Crippen molar-refractivity contribution >= 4 is 23.5 Å². The minimum atomic E-state index is -4.74. The van der Waals surface area contributed by atoms with E-state index in [1.807, 2.05) is 0 Å². The number of nitrogens with one attached hydrogen (secondary N) is 2. The molecule has 1 aliphatic heterocycles. The van der Waals surface area contributed by atoms with Gasteiger partial charge in [-0.05, 0) is 42.5 Å². The lowest BCUT2D eigenvalue weighted by atomic mass is 10.1. The first kappa shape index (κ1) is 16.7. The predicted molar refractivity (Wildman–Crippen MR) is 87.6 cm³/mol. The predicted octanol–water partition coefficient (Wildman–Crippen LogP) is 3.95. The number of allylic oxidation sites excluding steroid dienone is 1. The lowest BCUT2D eigenvalue weighted by Gasteiger charge is -2.27. The van der Waals surface area contributed by atoms with E-state index < -0.39 is 6.36 Å². The Morgan fingerprint density at radius 2 is 1.92 bits per heavy atom. The average Bonchev–Trinajstić information content (AvgIpc) is 2.98. The van der Waals surface area contributed by atoms with Crippen LogP contribution < -0.4 is 15.0 Å². The monoisotopic (exact) mass is 349 g/mol. The van der Waals surface area contributed by atoms with Crippen LogP contribution in [0.2, 0.25) is 0 Å².